The number of aromatic nitrogens is 3. The highest BCUT2D eigenvalue weighted by atomic mass is 16.3. The van der Waals surface area contributed by atoms with Crippen molar-refractivity contribution in [3.8, 4) is 0 Å². The molecule has 1 amide bonds. The number of furan rings is 1. The molecule has 3 aromatic rings. The number of likely N-dealkylation sites (tertiary alicyclic amines) is 1. The third-order valence-electron chi connectivity index (χ3n) is 5.33. The van der Waals surface area contributed by atoms with Gasteiger partial charge in [-0.3, -0.25) is 9.69 Å². The van der Waals surface area contributed by atoms with Crippen LogP contribution in [0.2, 0.25) is 0 Å². The van der Waals surface area contributed by atoms with Gasteiger partial charge in [-0.05, 0) is 38.1 Å². The number of carbonyl (C=O) groups excluding carboxylic acids is 1. The lowest BCUT2D eigenvalue weighted by atomic mass is 10.1. The SMILES string of the molecule is CCN(CC)Cc1cnc2c(C(=O)N3CCC[C@@H]3c3ccco3)cnn2c1. The predicted octanol–water partition coefficient (Wildman–Crippen LogP) is 3.14. The summed E-state index contributed by atoms with van der Waals surface area (Å²) in [4.78, 5) is 21.9. The average molecular weight is 367 g/mol. The summed E-state index contributed by atoms with van der Waals surface area (Å²) in [7, 11) is 0. The molecule has 3 aromatic heterocycles. The maximum absolute atomic E-state index is 13.2. The van der Waals surface area contributed by atoms with Gasteiger partial charge in [0, 0.05) is 31.0 Å². The van der Waals surface area contributed by atoms with Gasteiger partial charge in [0.25, 0.3) is 5.91 Å². The number of carbonyl (C=O) groups is 1. The van der Waals surface area contributed by atoms with E-state index in [1.54, 1.807) is 17.0 Å². The van der Waals surface area contributed by atoms with Crippen molar-refractivity contribution in [3.05, 3.63) is 53.9 Å². The van der Waals surface area contributed by atoms with Crippen LogP contribution in [0.1, 0.15) is 54.4 Å². The number of hydrogen-bond acceptors (Lipinski definition) is 5. The van der Waals surface area contributed by atoms with E-state index in [4.69, 9.17) is 4.42 Å². The fraction of sp³-hybridized carbons (Fsp3) is 0.450. The zero-order valence-electron chi connectivity index (χ0n) is 15.8. The molecular weight excluding hydrogens is 342 g/mol. The predicted molar refractivity (Wildman–Crippen MR) is 101 cm³/mol. The van der Waals surface area contributed by atoms with E-state index >= 15 is 0 Å². The Bertz CT molecular complexity index is 914. The first-order chi connectivity index (χ1) is 13.2. The molecular formula is C20H25N5O2. The van der Waals surface area contributed by atoms with Crippen LogP contribution in [-0.4, -0.2) is 49.9 Å². The summed E-state index contributed by atoms with van der Waals surface area (Å²) >= 11 is 0. The summed E-state index contributed by atoms with van der Waals surface area (Å²) in [6.07, 6.45) is 8.98. The molecule has 0 spiro atoms. The van der Waals surface area contributed by atoms with Crippen molar-refractivity contribution < 1.29 is 9.21 Å². The van der Waals surface area contributed by atoms with Gasteiger partial charge in [-0.25, -0.2) is 9.50 Å². The Morgan fingerprint density at radius 1 is 1.33 bits per heavy atom. The Hall–Kier alpha value is -2.67. The second-order valence-corrected chi connectivity index (χ2v) is 6.92. The molecule has 1 aliphatic rings. The molecule has 0 N–H and O–H groups in total. The summed E-state index contributed by atoms with van der Waals surface area (Å²) in [5, 5.41) is 4.38. The van der Waals surface area contributed by atoms with Crippen molar-refractivity contribution >= 4 is 11.6 Å². The number of nitrogens with zero attached hydrogens (tertiary/aromatic N) is 5. The minimum atomic E-state index is -0.0344. The first-order valence-corrected chi connectivity index (χ1v) is 9.60. The van der Waals surface area contributed by atoms with Crippen molar-refractivity contribution in [1.29, 1.82) is 0 Å². The van der Waals surface area contributed by atoms with E-state index < -0.39 is 0 Å². The van der Waals surface area contributed by atoms with Gasteiger partial charge in [0.05, 0.1) is 18.5 Å². The van der Waals surface area contributed by atoms with E-state index in [2.05, 4.69) is 28.8 Å². The van der Waals surface area contributed by atoms with E-state index in [0.717, 1.165) is 50.3 Å². The molecule has 0 unspecified atom stereocenters. The number of amides is 1. The maximum atomic E-state index is 13.2. The Morgan fingerprint density at radius 2 is 2.19 bits per heavy atom. The summed E-state index contributed by atoms with van der Waals surface area (Å²) in [6, 6.07) is 3.79. The summed E-state index contributed by atoms with van der Waals surface area (Å²) < 4.78 is 7.25. The molecule has 1 saturated heterocycles. The van der Waals surface area contributed by atoms with Gasteiger partial charge in [-0.1, -0.05) is 13.8 Å². The standard InChI is InChI=1S/C20H25N5O2/c1-3-23(4-2)13-15-11-21-19-16(12-22-25(19)14-15)20(26)24-9-5-7-17(24)18-8-6-10-27-18/h6,8,10-12,14,17H,3-5,7,9,13H2,1-2H3/t17-/m1/s1. The molecule has 0 bridgehead atoms. The Kier molecular flexibility index (Phi) is 4.94. The third-order valence-corrected chi connectivity index (χ3v) is 5.33. The van der Waals surface area contributed by atoms with Gasteiger partial charge in [-0.2, -0.15) is 5.10 Å². The molecule has 0 aliphatic carbocycles. The van der Waals surface area contributed by atoms with Crippen LogP contribution in [-0.2, 0) is 6.54 Å². The molecule has 0 saturated carbocycles. The Labute approximate surface area is 158 Å². The van der Waals surface area contributed by atoms with Crippen LogP contribution < -0.4 is 0 Å². The molecule has 27 heavy (non-hydrogen) atoms. The second kappa shape index (κ2) is 7.52. The molecule has 1 atom stereocenters. The number of fused-ring (bicyclic) bond motifs is 1. The lowest BCUT2D eigenvalue weighted by Gasteiger charge is -2.22. The molecule has 4 rings (SSSR count). The molecule has 1 aliphatic heterocycles. The summed E-state index contributed by atoms with van der Waals surface area (Å²) in [5.41, 5.74) is 2.24. The van der Waals surface area contributed by atoms with Crippen molar-refractivity contribution in [3.63, 3.8) is 0 Å². The highest BCUT2D eigenvalue weighted by Gasteiger charge is 2.33. The molecule has 0 radical (unpaired) electrons. The highest BCUT2D eigenvalue weighted by Crippen LogP contribution is 2.33. The van der Waals surface area contributed by atoms with Crippen LogP contribution in [0.25, 0.3) is 5.65 Å². The van der Waals surface area contributed by atoms with Crippen molar-refractivity contribution in [2.24, 2.45) is 0 Å². The molecule has 142 valence electrons. The summed E-state index contributed by atoms with van der Waals surface area (Å²) in [5.74, 6) is 0.805. The topological polar surface area (TPSA) is 66.9 Å². The van der Waals surface area contributed by atoms with Gasteiger partial charge in [-0.15, -0.1) is 0 Å². The smallest absolute Gasteiger partial charge is 0.259 e. The molecule has 7 heteroatoms. The average Bonchev–Trinajstić information content (AvgIpc) is 3.44. The van der Waals surface area contributed by atoms with Crippen LogP contribution in [0.5, 0.6) is 0 Å². The van der Waals surface area contributed by atoms with E-state index in [-0.39, 0.29) is 11.9 Å². The monoisotopic (exact) mass is 367 g/mol. The summed E-state index contributed by atoms with van der Waals surface area (Å²) in [6.45, 7) is 7.81. The largest absolute Gasteiger partial charge is 0.467 e. The van der Waals surface area contributed by atoms with Gasteiger partial charge in [0.2, 0.25) is 0 Å². The van der Waals surface area contributed by atoms with Crippen LogP contribution in [0.15, 0.2) is 41.4 Å². The molecule has 4 heterocycles. The lowest BCUT2D eigenvalue weighted by molar-refractivity contribution is 0.0721. The van der Waals surface area contributed by atoms with Crippen molar-refractivity contribution in [1.82, 2.24) is 24.4 Å². The fourth-order valence-electron chi connectivity index (χ4n) is 3.79. The molecule has 7 nitrogen and oxygen atoms in total. The van der Waals surface area contributed by atoms with E-state index in [1.165, 1.54) is 0 Å². The number of rotatable bonds is 6. The van der Waals surface area contributed by atoms with Gasteiger partial charge < -0.3 is 9.32 Å². The zero-order chi connectivity index (χ0) is 18.8. The quantitative estimate of drug-likeness (QED) is 0.670. The van der Waals surface area contributed by atoms with Gasteiger partial charge in [0.1, 0.15) is 11.3 Å². The number of hydrogen-bond donors (Lipinski definition) is 0. The highest BCUT2D eigenvalue weighted by molar-refractivity contribution is 6.00. The van der Waals surface area contributed by atoms with Crippen molar-refractivity contribution in [2.75, 3.05) is 19.6 Å². The van der Waals surface area contributed by atoms with Gasteiger partial charge in [0.15, 0.2) is 5.65 Å². The van der Waals surface area contributed by atoms with E-state index in [1.807, 2.05) is 29.4 Å². The zero-order valence-corrected chi connectivity index (χ0v) is 15.8. The van der Waals surface area contributed by atoms with Crippen LogP contribution >= 0.6 is 0 Å². The Balaban J connectivity index is 1.59. The molecule has 1 fully saturated rings. The van der Waals surface area contributed by atoms with E-state index in [0.29, 0.717) is 11.2 Å². The first kappa shape index (κ1) is 17.7. The van der Waals surface area contributed by atoms with Gasteiger partial charge >= 0.3 is 0 Å². The van der Waals surface area contributed by atoms with E-state index in [9.17, 15) is 4.79 Å². The van der Waals surface area contributed by atoms with Crippen molar-refractivity contribution in [2.45, 2.75) is 39.3 Å². The normalized spacial score (nSPS) is 17.3. The minimum Gasteiger partial charge on any atom is -0.467 e. The second-order valence-electron chi connectivity index (χ2n) is 6.92. The minimum absolute atomic E-state index is 0.00982. The third kappa shape index (κ3) is 3.35. The molecule has 0 aromatic carbocycles. The maximum Gasteiger partial charge on any atom is 0.259 e. The fourth-order valence-corrected chi connectivity index (χ4v) is 3.79. The lowest BCUT2D eigenvalue weighted by Crippen LogP contribution is -2.30. The van der Waals surface area contributed by atoms with Crippen LogP contribution in [0, 0.1) is 0 Å². The first-order valence-electron chi connectivity index (χ1n) is 9.60. The Morgan fingerprint density at radius 3 is 2.93 bits per heavy atom. The van der Waals surface area contributed by atoms with Crippen LogP contribution in [0.3, 0.4) is 0 Å². The van der Waals surface area contributed by atoms with Crippen LogP contribution in [0.4, 0.5) is 0 Å².